The zero-order chi connectivity index (χ0) is 24.2. The van der Waals surface area contributed by atoms with Crippen LogP contribution < -0.4 is 10.9 Å². The Kier molecular flexibility index (Phi) is 7.09. The van der Waals surface area contributed by atoms with Gasteiger partial charge in [0.15, 0.2) is 0 Å². The van der Waals surface area contributed by atoms with E-state index < -0.39 is 17.6 Å². The lowest BCUT2D eigenvalue weighted by Gasteiger charge is -2.27. The molecule has 1 aliphatic heterocycles. The summed E-state index contributed by atoms with van der Waals surface area (Å²) in [7, 11) is 1.60. The summed E-state index contributed by atoms with van der Waals surface area (Å²) >= 11 is 6.47. The fourth-order valence-corrected chi connectivity index (χ4v) is 4.12. The number of pyridine rings is 1. The number of carbonyl (C=O) groups is 1. The Morgan fingerprint density at radius 2 is 2.03 bits per heavy atom. The van der Waals surface area contributed by atoms with Crippen molar-refractivity contribution in [3.63, 3.8) is 0 Å². The Morgan fingerprint density at radius 3 is 2.65 bits per heavy atom. The van der Waals surface area contributed by atoms with Gasteiger partial charge in [-0.05, 0) is 35.4 Å². The van der Waals surface area contributed by atoms with E-state index in [4.69, 9.17) is 16.3 Å². The predicted molar refractivity (Wildman–Crippen MR) is 126 cm³/mol. The van der Waals surface area contributed by atoms with Crippen LogP contribution in [0.1, 0.15) is 39.4 Å². The molecule has 1 aliphatic rings. The summed E-state index contributed by atoms with van der Waals surface area (Å²) in [6.45, 7) is 0.822. The van der Waals surface area contributed by atoms with Crippen molar-refractivity contribution in [1.82, 2.24) is 9.88 Å². The Bertz CT molecular complexity index is 1300. The number of nitrogens with zero attached hydrogens (tertiary/aromatic N) is 2. The number of rotatable bonds is 7. The largest absolute Gasteiger partial charge is 0.411 e. The summed E-state index contributed by atoms with van der Waals surface area (Å²) in [6, 6.07) is 14.4. The topological polar surface area (TPSA) is 92.9 Å². The summed E-state index contributed by atoms with van der Waals surface area (Å²) in [4.78, 5) is 24.2. The number of hydrogen-bond donors (Lipinski definition) is 2. The molecule has 2 aromatic carbocycles. The van der Waals surface area contributed by atoms with Crippen LogP contribution in [0.4, 0.5) is 4.39 Å². The van der Waals surface area contributed by atoms with E-state index in [-0.39, 0.29) is 23.6 Å². The SMILES string of the molecule is Cn1cc(/C(CC(c2ccc(C(=O)NC3COC3)c(F)c2)c2ccccc2Cl)=N\O)ccc1=O. The van der Waals surface area contributed by atoms with Gasteiger partial charge in [0.2, 0.25) is 5.56 Å². The summed E-state index contributed by atoms with van der Waals surface area (Å²) in [5.74, 6) is -1.66. The van der Waals surface area contributed by atoms with Crippen molar-refractivity contribution >= 4 is 23.2 Å². The first-order chi connectivity index (χ1) is 16.4. The molecule has 1 unspecified atom stereocenters. The van der Waals surface area contributed by atoms with E-state index in [1.807, 2.05) is 12.1 Å². The molecule has 1 atom stereocenters. The van der Waals surface area contributed by atoms with Crippen LogP contribution in [0.15, 0.2) is 70.7 Å². The molecule has 4 rings (SSSR count). The van der Waals surface area contributed by atoms with Gasteiger partial charge >= 0.3 is 0 Å². The van der Waals surface area contributed by atoms with Gasteiger partial charge in [0.05, 0.1) is 30.5 Å². The maximum Gasteiger partial charge on any atom is 0.254 e. The minimum absolute atomic E-state index is 0.0670. The average molecular weight is 484 g/mol. The van der Waals surface area contributed by atoms with E-state index in [0.717, 1.165) is 0 Å². The van der Waals surface area contributed by atoms with Crippen LogP contribution in [0.2, 0.25) is 5.02 Å². The molecule has 0 saturated carbocycles. The highest BCUT2D eigenvalue weighted by Crippen LogP contribution is 2.35. The monoisotopic (exact) mass is 483 g/mol. The predicted octanol–water partition coefficient (Wildman–Crippen LogP) is 3.71. The molecule has 0 radical (unpaired) electrons. The van der Waals surface area contributed by atoms with Crippen LogP contribution in [0.25, 0.3) is 0 Å². The van der Waals surface area contributed by atoms with Crippen molar-refractivity contribution in [2.75, 3.05) is 13.2 Å². The number of aryl methyl sites for hydroxylation is 1. The fraction of sp³-hybridized carbons (Fsp3) is 0.240. The normalized spacial score (nSPS) is 15.0. The number of ether oxygens (including phenoxy) is 1. The number of aromatic nitrogens is 1. The summed E-state index contributed by atoms with van der Waals surface area (Å²) in [5.41, 5.74) is 1.84. The number of amides is 1. The maximum atomic E-state index is 15.0. The van der Waals surface area contributed by atoms with Gasteiger partial charge in [-0.15, -0.1) is 0 Å². The van der Waals surface area contributed by atoms with E-state index in [1.165, 1.54) is 22.8 Å². The zero-order valence-corrected chi connectivity index (χ0v) is 19.1. The number of hydrogen-bond acceptors (Lipinski definition) is 5. The van der Waals surface area contributed by atoms with Gasteiger partial charge in [0, 0.05) is 42.2 Å². The molecule has 2 heterocycles. The van der Waals surface area contributed by atoms with Gasteiger partial charge in [-0.25, -0.2) is 4.39 Å². The smallest absolute Gasteiger partial charge is 0.254 e. The quantitative estimate of drug-likeness (QED) is 0.304. The number of benzene rings is 2. The lowest BCUT2D eigenvalue weighted by Crippen LogP contribution is -2.48. The van der Waals surface area contributed by atoms with Gasteiger partial charge < -0.3 is 19.8 Å². The summed E-state index contributed by atoms with van der Waals surface area (Å²) < 4.78 is 21.5. The van der Waals surface area contributed by atoms with Crippen LogP contribution in [0, 0.1) is 5.82 Å². The summed E-state index contributed by atoms with van der Waals surface area (Å²) in [6.07, 6.45) is 1.74. The van der Waals surface area contributed by atoms with Crippen molar-refractivity contribution in [2.45, 2.75) is 18.4 Å². The van der Waals surface area contributed by atoms with Gasteiger partial charge in [-0.1, -0.05) is 41.0 Å². The third-order valence-corrected chi connectivity index (χ3v) is 6.18. The standard InChI is InChI=1S/C25H23ClFN3O4/c1-30-12-16(7-9-24(30)31)23(29-33)11-20(18-4-2-3-5-21(18)26)15-6-8-19(22(27)10-15)25(32)28-17-13-34-14-17/h2-10,12,17,20,33H,11,13-14H2,1H3,(H,28,32)/b29-23-. The average Bonchev–Trinajstić information content (AvgIpc) is 2.79. The molecule has 176 valence electrons. The molecule has 2 N–H and O–H groups in total. The highest BCUT2D eigenvalue weighted by molar-refractivity contribution is 6.31. The Labute approximate surface area is 200 Å². The van der Waals surface area contributed by atoms with Crippen LogP contribution in [-0.2, 0) is 11.8 Å². The van der Waals surface area contributed by atoms with E-state index in [2.05, 4.69) is 10.5 Å². The lowest BCUT2D eigenvalue weighted by molar-refractivity contribution is -0.00353. The van der Waals surface area contributed by atoms with E-state index >= 15 is 4.39 Å². The van der Waals surface area contributed by atoms with Gasteiger partial charge in [0.25, 0.3) is 5.91 Å². The molecule has 0 aliphatic carbocycles. The number of oxime groups is 1. The van der Waals surface area contributed by atoms with Crippen molar-refractivity contribution in [3.05, 3.63) is 104 Å². The lowest BCUT2D eigenvalue weighted by atomic mass is 9.85. The highest BCUT2D eigenvalue weighted by atomic mass is 35.5. The zero-order valence-electron chi connectivity index (χ0n) is 18.4. The molecule has 1 amide bonds. The second-order valence-corrected chi connectivity index (χ2v) is 8.55. The van der Waals surface area contributed by atoms with Crippen molar-refractivity contribution in [3.8, 4) is 0 Å². The molecular weight excluding hydrogens is 461 g/mol. The second-order valence-electron chi connectivity index (χ2n) is 8.14. The Morgan fingerprint density at radius 1 is 1.26 bits per heavy atom. The fourth-order valence-electron chi connectivity index (χ4n) is 3.85. The van der Waals surface area contributed by atoms with Crippen LogP contribution in [0.3, 0.4) is 0 Å². The molecule has 1 saturated heterocycles. The number of carbonyl (C=O) groups excluding carboxylic acids is 1. The maximum absolute atomic E-state index is 15.0. The van der Waals surface area contributed by atoms with E-state index in [1.54, 1.807) is 37.5 Å². The molecule has 0 spiro atoms. The molecule has 1 aromatic heterocycles. The minimum Gasteiger partial charge on any atom is -0.411 e. The van der Waals surface area contributed by atoms with E-state index in [9.17, 15) is 14.8 Å². The first-order valence-electron chi connectivity index (χ1n) is 10.7. The van der Waals surface area contributed by atoms with E-state index in [0.29, 0.717) is 40.6 Å². The number of halogens is 2. The van der Waals surface area contributed by atoms with Gasteiger partial charge in [-0.2, -0.15) is 0 Å². The first kappa shape index (κ1) is 23.7. The third-order valence-electron chi connectivity index (χ3n) is 5.83. The highest BCUT2D eigenvalue weighted by Gasteiger charge is 2.25. The summed E-state index contributed by atoms with van der Waals surface area (Å²) in [5, 5.41) is 16.4. The third kappa shape index (κ3) is 5.03. The molecule has 34 heavy (non-hydrogen) atoms. The molecule has 0 bridgehead atoms. The number of nitrogens with one attached hydrogen (secondary N) is 1. The minimum atomic E-state index is -0.670. The molecular formula is C25H23ClFN3O4. The Hall–Kier alpha value is -3.49. The molecule has 7 nitrogen and oxygen atoms in total. The van der Waals surface area contributed by atoms with Crippen LogP contribution >= 0.6 is 11.6 Å². The molecule has 9 heteroatoms. The molecule has 1 fully saturated rings. The van der Waals surface area contributed by atoms with Crippen molar-refractivity contribution in [1.29, 1.82) is 0 Å². The Balaban J connectivity index is 1.69. The van der Waals surface area contributed by atoms with Crippen LogP contribution in [-0.4, -0.2) is 40.6 Å². The first-order valence-corrected chi connectivity index (χ1v) is 11.1. The van der Waals surface area contributed by atoms with Crippen LogP contribution in [0.5, 0.6) is 0 Å². The second kappa shape index (κ2) is 10.2. The van der Waals surface area contributed by atoms with Gasteiger partial charge in [0.1, 0.15) is 5.82 Å². The van der Waals surface area contributed by atoms with Gasteiger partial charge in [-0.3, -0.25) is 9.59 Å². The molecule has 3 aromatic rings. The van der Waals surface area contributed by atoms with Crippen molar-refractivity contribution in [2.24, 2.45) is 12.2 Å². The van der Waals surface area contributed by atoms with Crippen molar-refractivity contribution < 1.29 is 19.1 Å².